The van der Waals surface area contributed by atoms with E-state index in [0.717, 1.165) is 39.0 Å². The molecule has 1 fully saturated rings. The van der Waals surface area contributed by atoms with Crippen LogP contribution < -0.4 is 11.1 Å². The molecule has 0 saturated carbocycles. The van der Waals surface area contributed by atoms with Crippen molar-refractivity contribution in [3.63, 3.8) is 0 Å². The Hall–Kier alpha value is -0.610. The van der Waals surface area contributed by atoms with E-state index in [1.807, 2.05) is 0 Å². The first kappa shape index (κ1) is 16.4. The number of rotatable bonds is 7. The van der Waals surface area contributed by atoms with Gasteiger partial charge in [0.15, 0.2) is 0 Å². The highest BCUT2D eigenvalue weighted by Gasteiger charge is 2.28. The van der Waals surface area contributed by atoms with E-state index in [1.165, 1.54) is 0 Å². The largest absolute Gasteiger partial charge is 0.381 e. The van der Waals surface area contributed by atoms with Gasteiger partial charge in [0.05, 0.1) is 0 Å². The van der Waals surface area contributed by atoms with E-state index in [1.54, 1.807) is 0 Å². The van der Waals surface area contributed by atoms with Gasteiger partial charge in [-0.1, -0.05) is 20.8 Å². The van der Waals surface area contributed by atoms with Crippen molar-refractivity contribution in [1.29, 1.82) is 0 Å². The molecular formula is C15H30N2O2. The third-order valence-electron chi connectivity index (χ3n) is 4.02. The van der Waals surface area contributed by atoms with Gasteiger partial charge in [-0.2, -0.15) is 0 Å². The summed E-state index contributed by atoms with van der Waals surface area (Å²) >= 11 is 0. The second-order valence-corrected chi connectivity index (χ2v) is 6.64. The lowest BCUT2D eigenvalue weighted by molar-refractivity contribution is -0.122. The minimum Gasteiger partial charge on any atom is -0.381 e. The van der Waals surface area contributed by atoms with E-state index in [4.69, 9.17) is 10.5 Å². The van der Waals surface area contributed by atoms with Crippen molar-refractivity contribution in [2.24, 2.45) is 23.0 Å². The van der Waals surface area contributed by atoms with Gasteiger partial charge in [-0.25, -0.2) is 0 Å². The molecule has 3 N–H and O–H groups in total. The molecule has 0 radical (unpaired) electrons. The van der Waals surface area contributed by atoms with Gasteiger partial charge in [0.1, 0.15) is 0 Å². The van der Waals surface area contributed by atoms with E-state index in [9.17, 15) is 4.79 Å². The molecule has 1 heterocycles. The molecule has 1 saturated heterocycles. The van der Waals surface area contributed by atoms with Gasteiger partial charge in [-0.3, -0.25) is 4.79 Å². The van der Waals surface area contributed by atoms with Gasteiger partial charge >= 0.3 is 0 Å². The van der Waals surface area contributed by atoms with Crippen LogP contribution in [0.2, 0.25) is 0 Å². The molecule has 0 bridgehead atoms. The molecular weight excluding hydrogens is 240 g/mol. The smallest absolute Gasteiger partial charge is 0.220 e. The van der Waals surface area contributed by atoms with Crippen molar-refractivity contribution in [2.75, 3.05) is 26.3 Å². The molecule has 1 atom stereocenters. The monoisotopic (exact) mass is 270 g/mol. The molecule has 1 aliphatic heterocycles. The molecule has 0 aromatic carbocycles. The molecule has 0 spiro atoms. The van der Waals surface area contributed by atoms with Crippen LogP contribution in [0.5, 0.6) is 0 Å². The standard InChI is InChI=1S/C15H30N2O2/c1-12(2)8-13(10-16)9-14(18)17-11-15(3)4-6-19-7-5-15/h12-13H,4-11,16H2,1-3H3,(H,17,18)/t13-/m0/s1. The highest BCUT2D eigenvalue weighted by molar-refractivity contribution is 5.76. The first-order valence-electron chi connectivity index (χ1n) is 7.50. The third-order valence-corrected chi connectivity index (χ3v) is 4.02. The first-order chi connectivity index (χ1) is 8.95. The van der Waals surface area contributed by atoms with E-state index < -0.39 is 0 Å². The maximum absolute atomic E-state index is 12.0. The zero-order valence-corrected chi connectivity index (χ0v) is 12.7. The second kappa shape index (κ2) is 7.85. The first-order valence-corrected chi connectivity index (χ1v) is 7.50. The van der Waals surface area contributed by atoms with Crippen molar-refractivity contribution < 1.29 is 9.53 Å². The van der Waals surface area contributed by atoms with Gasteiger partial charge in [-0.05, 0) is 43.1 Å². The Morgan fingerprint density at radius 1 is 1.37 bits per heavy atom. The molecule has 0 aromatic heterocycles. The fourth-order valence-corrected chi connectivity index (χ4v) is 2.62. The molecule has 19 heavy (non-hydrogen) atoms. The van der Waals surface area contributed by atoms with E-state index in [0.29, 0.717) is 24.8 Å². The number of carbonyl (C=O) groups is 1. The molecule has 1 aliphatic rings. The Balaban J connectivity index is 2.29. The van der Waals surface area contributed by atoms with Crippen LogP contribution in [-0.4, -0.2) is 32.2 Å². The number of amides is 1. The number of nitrogens with two attached hydrogens (primary N) is 1. The normalized spacial score (nSPS) is 20.3. The van der Waals surface area contributed by atoms with Crippen LogP contribution in [-0.2, 0) is 9.53 Å². The summed E-state index contributed by atoms with van der Waals surface area (Å²) in [5, 5.41) is 3.08. The summed E-state index contributed by atoms with van der Waals surface area (Å²) < 4.78 is 5.37. The lowest BCUT2D eigenvalue weighted by Gasteiger charge is -2.33. The van der Waals surface area contributed by atoms with Crippen molar-refractivity contribution in [3.8, 4) is 0 Å². The Morgan fingerprint density at radius 2 is 2.00 bits per heavy atom. The van der Waals surface area contributed by atoms with Crippen molar-refractivity contribution in [2.45, 2.75) is 46.5 Å². The zero-order chi connectivity index (χ0) is 14.3. The summed E-state index contributed by atoms with van der Waals surface area (Å²) in [5.41, 5.74) is 5.94. The fraction of sp³-hybridized carbons (Fsp3) is 0.933. The summed E-state index contributed by atoms with van der Waals surface area (Å²) in [6, 6.07) is 0. The molecule has 1 rings (SSSR count). The summed E-state index contributed by atoms with van der Waals surface area (Å²) in [6.45, 7) is 9.54. The van der Waals surface area contributed by atoms with Crippen molar-refractivity contribution in [3.05, 3.63) is 0 Å². The van der Waals surface area contributed by atoms with Gasteiger partial charge in [0, 0.05) is 26.2 Å². The summed E-state index contributed by atoms with van der Waals surface area (Å²) in [7, 11) is 0. The highest BCUT2D eigenvalue weighted by atomic mass is 16.5. The molecule has 4 heteroatoms. The van der Waals surface area contributed by atoms with Gasteiger partial charge in [0.2, 0.25) is 5.91 Å². The van der Waals surface area contributed by atoms with Crippen molar-refractivity contribution in [1.82, 2.24) is 5.32 Å². The highest BCUT2D eigenvalue weighted by Crippen LogP contribution is 2.28. The average molecular weight is 270 g/mol. The maximum atomic E-state index is 12.0. The predicted octanol–water partition coefficient (Wildman–Crippen LogP) is 1.93. The number of carbonyl (C=O) groups excluding carboxylic acids is 1. The predicted molar refractivity (Wildman–Crippen MR) is 77.8 cm³/mol. The average Bonchev–Trinajstić information content (AvgIpc) is 2.36. The van der Waals surface area contributed by atoms with Crippen LogP contribution in [0.4, 0.5) is 0 Å². The summed E-state index contributed by atoms with van der Waals surface area (Å²) in [6.07, 6.45) is 3.63. The number of ether oxygens (including phenoxy) is 1. The third kappa shape index (κ3) is 6.39. The van der Waals surface area contributed by atoms with E-state index in [2.05, 4.69) is 26.1 Å². The number of hydrogen-bond acceptors (Lipinski definition) is 3. The lowest BCUT2D eigenvalue weighted by atomic mass is 9.82. The van der Waals surface area contributed by atoms with Crippen LogP contribution in [0.3, 0.4) is 0 Å². The molecule has 112 valence electrons. The minimum atomic E-state index is 0.142. The van der Waals surface area contributed by atoms with E-state index in [-0.39, 0.29) is 11.3 Å². The van der Waals surface area contributed by atoms with Crippen LogP contribution in [0.25, 0.3) is 0 Å². The van der Waals surface area contributed by atoms with Crippen molar-refractivity contribution >= 4 is 5.91 Å². The molecule has 1 amide bonds. The number of hydrogen-bond donors (Lipinski definition) is 2. The molecule has 0 aliphatic carbocycles. The van der Waals surface area contributed by atoms with Crippen LogP contribution in [0.1, 0.15) is 46.5 Å². The SMILES string of the molecule is CC(C)C[C@H](CN)CC(=O)NCC1(C)CCOCC1. The Kier molecular flexibility index (Phi) is 6.80. The molecule has 0 unspecified atom stereocenters. The number of nitrogens with one attached hydrogen (secondary N) is 1. The summed E-state index contributed by atoms with van der Waals surface area (Å²) in [5.74, 6) is 1.04. The van der Waals surface area contributed by atoms with Gasteiger partial charge in [-0.15, -0.1) is 0 Å². The lowest BCUT2D eigenvalue weighted by Crippen LogP contribution is -2.40. The Morgan fingerprint density at radius 3 is 2.53 bits per heavy atom. The quantitative estimate of drug-likeness (QED) is 0.743. The topological polar surface area (TPSA) is 64.4 Å². The molecule has 0 aromatic rings. The summed E-state index contributed by atoms with van der Waals surface area (Å²) in [4.78, 5) is 12.0. The maximum Gasteiger partial charge on any atom is 0.220 e. The van der Waals surface area contributed by atoms with Crippen LogP contribution >= 0.6 is 0 Å². The van der Waals surface area contributed by atoms with E-state index >= 15 is 0 Å². The second-order valence-electron chi connectivity index (χ2n) is 6.64. The Labute approximate surface area is 117 Å². The van der Waals surface area contributed by atoms with Crippen LogP contribution in [0.15, 0.2) is 0 Å². The Bertz CT molecular complexity index is 273. The van der Waals surface area contributed by atoms with Gasteiger partial charge < -0.3 is 15.8 Å². The fourth-order valence-electron chi connectivity index (χ4n) is 2.62. The molecule has 4 nitrogen and oxygen atoms in total. The van der Waals surface area contributed by atoms with Crippen LogP contribution in [0, 0.1) is 17.3 Å². The van der Waals surface area contributed by atoms with Gasteiger partial charge in [0.25, 0.3) is 0 Å². The zero-order valence-electron chi connectivity index (χ0n) is 12.7. The minimum absolute atomic E-state index is 0.142.